The van der Waals surface area contributed by atoms with Crippen LogP contribution in [0.15, 0.2) is 29.8 Å². The quantitative estimate of drug-likeness (QED) is 0.475. The second-order valence-electron chi connectivity index (χ2n) is 5.35. The average molecular weight is 304 g/mol. The number of hydrogen-bond acceptors (Lipinski definition) is 5. The summed E-state index contributed by atoms with van der Waals surface area (Å²) in [6.45, 7) is 3.63. The van der Waals surface area contributed by atoms with Crippen LogP contribution in [0.4, 0.5) is 0 Å². The summed E-state index contributed by atoms with van der Waals surface area (Å²) in [6, 6.07) is 6.99. The number of unbranched alkanes of at least 4 members (excludes halogenated alkanes) is 1. The second kappa shape index (κ2) is 6.64. The van der Waals surface area contributed by atoms with Gasteiger partial charge in [0.05, 0.1) is 7.11 Å². The first-order valence-electron chi connectivity index (χ1n) is 7.30. The number of carbonyl (C=O) groups excluding carboxylic acids is 2. The summed E-state index contributed by atoms with van der Waals surface area (Å²) < 4.78 is 15.7. The topological polar surface area (TPSA) is 61.8 Å². The van der Waals surface area contributed by atoms with E-state index in [1.165, 1.54) is 6.08 Å². The first kappa shape index (κ1) is 16.1. The van der Waals surface area contributed by atoms with E-state index in [2.05, 4.69) is 0 Å². The van der Waals surface area contributed by atoms with Crippen molar-refractivity contribution in [3.8, 4) is 5.75 Å². The molecular formula is C17H20O5. The fraction of sp³-hybridized carbons (Fsp3) is 0.412. The molecule has 1 aliphatic rings. The van der Waals surface area contributed by atoms with Crippen molar-refractivity contribution in [3.05, 3.63) is 35.4 Å². The van der Waals surface area contributed by atoms with Gasteiger partial charge in [0.25, 0.3) is 5.79 Å². The molecule has 0 atom stereocenters. The van der Waals surface area contributed by atoms with Gasteiger partial charge in [-0.1, -0.05) is 25.5 Å². The fourth-order valence-corrected chi connectivity index (χ4v) is 2.19. The standard InChI is InChI=1S/C17H20O5/c1-4-5-10-17(2)21-15(18)14(16(19)22-17)11-12-6-8-13(20-3)9-7-12/h6-9,11H,4-5,10H2,1-3H3. The van der Waals surface area contributed by atoms with Crippen LogP contribution in [0.3, 0.4) is 0 Å². The Morgan fingerprint density at radius 3 is 2.23 bits per heavy atom. The minimum atomic E-state index is -1.17. The zero-order valence-electron chi connectivity index (χ0n) is 13.0. The lowest BCUT2D eigenvalue weighted by Gasteiger charge is -2.33. The molecule has 1 aliphatic heterocycles. The Balaban J connectivity index is 2.17. The van der Waals surface area contributed by atoms with Gasteiger partial charge in [-0.25, -0.2) is 9.59 Å². The minimum Gasteiger partial charge on any atom is -0.497 e. The average Bonchev–Trinajstić information content (AvgIpc) is 2.49. The van der Waals surface area contributed by atoms with Gasteiger partial charge in [-0.2, -0.15) is 0 Å². The predicted molar refractivity (Wildman–Crippen MR) is 81.1 cm³/mol. The third kappa shape index (κ3) is 3.67. The maximum absolute atomic E-state index is 12.1. The van der Waals surface area contributed by atoms with Crippen LogP contribution in [0.2, 0.25) is 0 Å². The SMILES string of the molecule is CCCCC1(C)OC(=O)C(=Cc2ccc(OC)cc2)C(=O)O1. The molecular weight excluding hydrogens is 284 g/mol. The summed E-state index contributed by atoms with van der Waals surface area (Å²) in [7, 11) is 1.57. The molecule has 1 aromatic rings. The monoisotopic (exact) mass is 304 g/mol. The Bertz CT molecular complexity index is 566. The Morgan fingerprint density at radius 1 is 1.14 bits per heavy atom. The Labute approximate surface area is 129 Å². The third-order valence-corrected chi connectivity index (χ3v) is 3.47. The van der Waals surface area contributed by atoms with Crippen molar-refractivity contribution in [3.63, 3.8) is 0 Å². The number of rotatable bonds is 5. The van der Waals surface area contributed by atoms with Crippen LogP contribution in [0.25, 0.3) is 6.08 Å². The molecule has 1 fully saturated rings. The molecule has 22 heavy (non-hydrogen) atoms. The van der Waals surface area contributed by atoms with Crippen molar-refractivity contribution in [2.75, 3.05) is 7.11 Å². The summed E-state index contributed by atoms with van der Waals surface area (Å²) in [5, 5.41) is 0. The van der Waals surface area contributed by atoms with Crippen LogP contribution < -0.4 is 4.74 Å². The summed E-state index contributed by atoms with van der Waals surface area (Å²) in [5.74, 6) is -1.76. The van der Waals surface area contributed by atoms with Crippen LogP contribution in [0.1, 0.15) is 38.7 Å². The number of ether oxygens (including phenoxy) is 3. The van der Waals surface area contributed by atoms with Crippen molar-refractivity contribution >= 4 is 18.0 Å². The Hall–Kier alpha value is -2.30. The van der Waals surface area contributed by atoms with Gasteiger partial charge >= 0.3 is 11.9 Å². The smallest absolute Gasteiger partial charge is 0.348 e. The largest absolute Gasteiger partial charge is 0.497 e. The number of methoxy groups -OCH3 is 1. The van der Waals surface area contributed by atoms with Crippen molar-refractivity contribution in [1.29, 1.82) is 0 Å². The van der Waals surface area contributed by atoms with Gasteiger partial charge in [-0.15, -0.1) is 0 Å². The van der Waals surface area contributed by atoms with Gasteiger partial charge in [-0.3, -0.25) is 0 Å². The van der Waals surface area contributed by atoms with Crippen LogP contribution in [0.5, 0.6) is 5.75 Å². The van der Waals surface area contributed by atoms with E-state index in [1.807, 2.05) is 6.92 Å². The van der Waals surface area contributed by atoms with Crippen molar-refractivity contribution in [2.24, 2.45) is 0 Å². The maximum Gasteiger partial charge on any atom is 0.348 e. The molecule has 2 rings (SSSR count). The molecule has 118 valence electrons. The summed E-state index contributed by atoms with van der Waals surface area (Å²) in [5.41, 5.74) is 0.598. The molecule has 0 unspecified atom stereocenters. The number of carbonyl (C=O) groups is 2. The van der Waals surface area contributed by atoms with Gasteiger partial charge in [0, 0.05) is 13.3 Å². The van der Waals surface area contributed by atoms with Crippen molar-refractivity contribution in [1.82, 2.24) is 0 Å². The molecule has 0 spiro atoms. The Morgan fingerprint density at radius 2 is 1.73 bits per heavy atom. The van der Waals surface area contributed by atoms with Crippen LogP contribution in [-0.2, 0) is 19.1 Å². The number of benzene rings is 1. The second-order valence-corrected chi connectivity index (χ2v) is 5.35. The highest BCUT2D eigenvalue weighted by Crippen LogP contribution is 2.29. The fourth-order valence-electron chi connectivity index (χ4n) is 2.19. The van der Waals surface area contributed by atoms with E-state index in [-0.39, 0.29) is 5.57 Å². The molecule has 0 aliphatic carbocycles. The van der Waals surface area contributed by atoms with E-state index in [0.717, 1.165) is 12.8 Å². The molecule has 0 radical (unpaired) electrons. The zero-order valence-corrected chi connectivity index (χ0v) is 13.0. The molecule has 5 heteroatoms. The van der Waals surface area contributed by atoms with E-state index in [4.69, 9.17) is 14.2 Å². The highest BCUT2D eigenvalue weighted by Gasteiger charge is 2.41. The molecule has 1 heterocycles. The molecule has 0 saturated carbocycles. The lowest BCUT2D eigenvalue weighted by Crippen LogP contribution is -2.44. The van der Waals surface area contributed by atoms with Gasteiger partial charge in [0.2, 0.25) is 0 Å². The summed E-state index contributed by atoms with van der Waals surface area (Å²) in [6.07, 6.45) is 3.70. The van der Waals surface area contributed by atoms with E-state index >= 15 is 0 Å². The first-order valence-corrected chi connectivity index (χ1v) is 7.30. The van der Waals surface area contributed by atoms with Crippen molar-refractivity contribution in [2.45, 2.75) is 38.9 Å². The molecule has 0 aromatic heterocycles. The minimum absolute atomic E-state index is 0.0980. The van der Waals surface area contributed by atoms with Gasteiger partial charge in [0.15, 0.2) is 0 Å². The Kier molecular flexibility index (Phi) is 4.85. The highest BCUT2D eigenvalue weighted by molar-refractivity contribution is 6.18. The highest BCUT2D eigenvalue weighted by atomic mass is 16.7. The number of hydrogen-bond donors (Lipinski definition) is 0. The maximum atomic E-state index is 12.1. The van der Waals surface area contributed by atoms with E-state index in [9.17, 15) is 9.59 Å². The van der Waals surface area contributed by atoms with Crippen LogP contribution in [0, 0.1) is 0 Å². The van der Waals surface area contributed by atoms with Crippen LogP contribution in [-0.4, -0.2) is 24.8 Å². The molecule has 1 aromatic carbocycles. The normalized spacial score (nSPS) is 21.1. The lowest BCUT2D eigenvalue weighted by molar-refractivity contribution is -0.230. The van der Waals surface area contributed by atoms with E-state index < -0.39 is 17.7 Å². The van der Waals surface area contributed by atoms with Gasteiger partial charge < -0.3 is 14.2 Å². The third-order valence-electron chi connectivity index (χ3n) is 3.47. The first-order chi connectivity index (χ1) is 10.5. The van der Waals surface area contributed by atoms with E-state index in [0.29, 0.717) is 17.7 Å². The lowest BCUT2D eigenvalue weighted by atomic mass is 10.1. The zero-order chi connectivity index (χ0) is 16.2. The summed E-state index contributed by atoms with van der Waals surface area (Å²) >= 11 is 0. The molecule has 5 nitrogen and oxygen atoms in total. The van der Waals surface area contributed by atoms with Gasteiger partial charge in [0.1, 0.15) is 11.3 Å². The van der Waals surface area contributed by atoms with Gasteiger partial charge in [-0.05, 0) is 30.2 Å². The number of esters is 2. The predicted octanol–water partition coefficient (Wildman–Crippen LogP) is 3.09. The van der Waals surface area contributed by atoms with Crippen LogP contribution >= 0.6 is 0 Å². The molecule has 0 bridgehead atoms. The number of cyclic esters (lactones) is 2. The van der Waals surface area contributed by atoms with E-state index in [1.54, 1.807) is 38.3 Å². The summed E-state index contributed by atoms with van der Waals surface area (Å²) in [4.78, 5) is 24.2. The molecule has 0 amide bonds. The van der Waals surface area contributed by atoms with Crippen molar-refractivity contribution < 1.29 is 23.8 Å². The molecule has 0 N–H and O–H groups in total. The molecule has 1 saturated heterocycles.